The first-order valence-corrected chi connectivity index (χ1v) is 7.71. The van der Waals surface area contributed by atoms with Crippen LogP contribution in [-0.4, -0.2) is 17.1 Å². The van der Waals surface area contributed by atoms with Crippen molar-refractivity contribution in [3.8, 4) is 0 Å². The second-order valence-electron chi connectivity index (χ2n) is 4.74. The Kier molecular flexibility index (Phi) is 5.61. The summed E-state index contributed by atoms with van der Waals surface area (Å²) >= 11 is 1.46. The summed E-state index contributed by atoms with van der Waals surface area (Å²) in [6, 6.07) is 16.4. The van der Waals surface area contributed by atoms with Gasteiger partial charge in [-0.2, -0.15) is 0 Å². The highest BCUT2D eigenvalue weighted by atomic mass is 32.2. The van der Waals surface area contributed by atoms with E-state index in [0.29, 0.717) is 5.56 Å². The molecule has 0 bridgehead atoms. The molecule has 0 radical (unpaired) electrons. The summed E-state index contributed by atoms with van der Waals surface area (Å²) < 4.78 is 5.29. The number of esters is 1. The average Bonchev–Trinajstić information content (AvgIpc) is 2.53. The first kappa shape index (κ1) is 16.1. The standard InChI is InChI=1S/C17H17NO3S/c1-12(22-15-5-3-2-4-6-15)17(20)21-11-13-7-9-14(10-8-13)16(18)19/h2-10,12H,11H2,1H3,(H2,18,19). The smallest absolute Gasteiger partial charge is 0.319 e. The first-order chi connectivity index (χ1) is 10.6. The largest absolute Gasteiger partial charge is 0.460 e. The summed E-state index contributed by atoms with van der Waals surface area (Å²) in [5, 5.41) is -0.285. The molecule has 1 unspecified atom stereocenters. The number of amides is 1. The van der Waals surface area contributed by atoms with Crippen molar-refractivity contribution in [1.29, 1.82) is 0 Å². The molecule has 5 heteroatoms. The molecular formula is C17H17NO3S. The van der Waals surface area contributed by atoms with E-state index in [1.165, 1.54) is 11.8 Å². The molecule has 0 saturated heterocycles. The number of nitrogens with two attached hydrogens (primary N) is 1. The Hall–Kier alpha value is -2.27. The minimum Gasteiger partial charge on any atom is -0.460 e. The lowest BCUT2D eigenvalue weighted by Gasteiger charge is -2.11. The zero-order chi connectivity index (χ0) is 15.9. The summed E-state index contributed by atoms with van der Waals surface area (Å²) in [6.07, 6.45) is 0. The lowest BCUT2D eigenvalue weighted by molar-refractivity contribution is -0.143. The van der Waals surface area contributed by atoms with Gasteiger partial charge in [0.05, 0.1) is 0 Å². The summed E-state index contributed by atoms with van der Waals surface area (Å²) in [5.41, 5.74) is 6.42. The second kappa shape index (κ2) is 7.66. The number of benzene rings is 2. The molecule has 1 atom stereocenters. The third-order valence-corrected chi connectivity index (χ3v) is 4.10. The third-order valence-electron chi connectivity index (χ3n) is 3.01. The number of primary amides is 1. The molecule has 2 N–H and O–H groups in total. The molecule has 2 rings (SSSR count). The zero-order valence-electron chi connectivity index (χ0n) is 12.2. The van der Waals surface area contributed by atoms with E-state index >= 15 is 0 Å². The number of hydrogen-bond donors (Lipinski definition) is 1. The minimum atomic E-state index is -0.476. The van der Waals surface area contributed by atoms with Crippen LogP contribution in [0, 0.1) is 0 Å². The molecule has 0 heterocycles. The maximum atomic E-state index is 12.0. The maximum absolute atomic E-state index is 12.0. The summed E-state index contributed by atoms with van der Waals surface area (Å²) in [5.74, 6) is -0.746. The van der Waals surface area contributed by atoms with Gasteiger partial charge in [0.15, 0.2) is 0 Å². The molecule has 22 heavy (non-hydrogen) atoms. The van der Waals surface area contributed by atoms with E-state index < -0.39 is 5.91 Å². The van der Waals surface area contributed by atoms with Gasteiger partial charge in [-0.3, -0.25) is 9.59 Å². The molecule has 0 aromatic heterocycles. The van der Waals surface area contributed by atoms with Crippen LogP contribution in [0.4, 0.5) is 0 Å². The van der Waals surface area contributed by atoms with Gasteiger partial charge in [0, 0.05) is 10.5 Å². The molecule has 0 aliphatic heterocycles. The Balaban J connectivity index is 1.85. The number of carbonyl (C=O) groups is 2. The highest BCUT2D eigenvalue weighted by Crippen LogP contribution is 2.23. The van der Waals surface area contributed by atoms with Crippen molar-refractivity contribution in [2.75, 3.05) is 0 Å². The lowest BCUT2D eigenvalue weighted by atomic mass is 10.1. The van der Waals surface area contributed by atoms with Crippen LogP contribution >= 0.6 is 11.8 Å². The first-order valence-electron chi connectivity index (χ1n) is 6.83. The summed E-state index contributed by atoms with van der Waals surface area (Å²) in [6.45, 7) is 1.99. The molecule has 1 amide bonds. The second-order valence-corrected chi connectivity index (χ2v) is 6.16. The number of hydrogen-bond acceptors (Lipinski definition) is 4. The van der Waals surface area contributed by atoms with Gasteiger partial charge in [-0.15, -0.1) is 11.8 Å². The van der Waals surface area contributed by atoms with Crippen LogP contribution < -0.4 is 5.73 Å². The van der Waals surface area contributed by atoms with Crippen molar-refractivity contribution >= 4 is 23.6 Å². The van der Waals surface area contributed by atoms with E-state index in [9.17, 15) is 9.59 Å². The van der Waals surface area contributed by atoms with Crippen molar-refractivity contribution < 1.29 is 14.3 Å². The molecule has 114 valence electrons. The monoisotopic (exact) mass is 315 g/mol. The molecule has 0 spiro atoms. The molecule has 4 nitrogen and oxygen atoms in total. The van der Waals surface area contributed by atoms with Crippen LogP contribution in [0.5, 0.6) is 0 Å². The number of rotatable bonds is 6. The van der Waals surface area contributed by atoms with Crippen molar-refractivity contribution in [3.05, 3.63) is 65.7 Å². The Bertz CT molecular complexity index is 641. The van der Waals surface area contributed by atoms with E-state index in [1.54, 1.807) is 24.3 Å². The van der Waals surface area contributed by atoms with Crippen molar-refractivity contribution in [1.82, 2.24) is 0 Å². The van der Waals surface area contributed by atoms with E-state index in [2.05, 4.69) is 0 Å². The Morgan fingerprint density at radius 2 is 1.73 bits per heavy atom. The molecular weight excluding hydrogens is 298 g/mol. The Morgan fingerprint density at radius 1 is 1.09 bits per heavy atom. The van der Waals surface area contributed by atoms with Gasteiger partial charge in [-0.1, -0.05) is 30.3 Å². The Labute approximate surface area is 133 Å². The molecule has 0 fully saturated rings. The van der Waals surface area contributed by atoms with Crippen molar-refractivity contribution in [2.45, 2.75) is 23.7 Å². The van der Waals surface area contributed by atoms with Crippen LogP contribution in [-0.2, 0) is 16.1 Å². The van der Waals surface area contributed by atoms with Gasteiger partial charge in [-0.05, 0) is 36.8 Å². The van der Waals surface area contributed by atoms with Gasteiger partial charge in [-0.25, -0.2) is 0 Å². The number of thioether (sulfide) groups is 1. The fourth-order valence-electron chi connectivity index (χ4n) is 1.79. The highest BCUT2D eigenvalue weighted by molar-refractivity contribution is 8.00. The third kappa shape index (κ3) is 4.63. The summed E-state index contributed by atoms with van der Waals surface area (Å²) in [4.78, 5) is 24.0. The van der Waals surface area contributed by atoms with Crippen LogP contribution in [0.1, 0.15) is 22.8 Å². The fourth-order valence-corrected chi connectivity index (χ4v) is 2.68. The molecule has 2 aromatic rings. The SMILES string of the molecule is CC(Sc1ccccc1)C(=O)OCc1ccc(C(N)=O)cc1. The van der Waals surface area contributed by atoms with Crippen LogP contribution in [0.3, 0.4) is 0 Å². The van der Waals surface area contributed by atoms with Crippen LogP contribution in [0.25, 0.3) is 0 Å². The molecule has 0 aliphatic carbocycles. The lowest BCUT2D eigenvalue weighted by Crippen LogP contribution is -2.16. The molecule has 2 aromatic carbocycles. The van der Waals surface area contributed by atoms with Gasteiger partial charge >= 0.3 is 5.97 Å². The van der Waals surface area contributed by atoms with E-state index in [1.807, 2.05) is 37.3 Å². The fraction of sp³-hybridized carbons (Fsp3) is 0.176. The van der Waals surface area contributed by atoms with Crippen molar-refractivity contribution in [3.63, 3.8) is 0 Å². The highest BCUT2D eigenvalue weighted by Gasteiger charge is 2.15. The minimum absolute atomic E-state index is 0.178. The predicted molar refractivity (Wildman–Crippen MR) is 86.5 cm³/mol. The predicted octanol–water partition coefficient (Wildman–Crippen LogP) is 3.01. The zero-order valence-corrected chi connectivity index (χ0v) is 13.0. The van der Waals surface area contributed by atoms with Crippen molar-refractivity contribution in [2.24, 2.45) is 5.73 Å². The van der Waals surface area contributed by atoms with Crippen LogP contribution in [0.2, 0.25) is 0 Å². The van der Waals surface area contributed by atoms with Crippen LogP contribution in [0.15, 0.2) is 59.5 Å². The van der Waals surface area contributed by atoms with Gasteiger partial charge in [0.2, 0.25) is 5.91 Å². The van der Waals surface area contributed by atoms with Gasteiger partial charge in [0.1, 0.15) is 11.9 Å². The number of ether oxygens (including phenoxy) is 1. The normalized spacial score (nSPS) is 11.7. The molecule has 0 saturated carbocycles. The van der Waals surface area contributed by atoms with E-state index in [0.717, 1.165) is 10.5 Å². The Morgan fingerprint density at radius 3 is 2.32 bits per heavy atom. The van der Waals surface area contributed by atoms with E-state index in [-0.39, 0.29) is 17.8 Å². The van der Waals surface area contributed by atoms with Gasteiger partial charge in [0.25, 0.3) is 0 Å². The maximum Gasteiger partial charge on any atom is 0.319 e. The quantitative estimate of drug-likeness (QED) is 0.657. The van der Waals surface area contributed by atoms with E-state index in [4.69, 9.17) is 10.5 Å². The molecule has 0 aliphatic rings. The average molecular weight is 315 g/mol. The van der Waals surface area contributed by atoms with Gasteiger partial charge < -0.3 is 10.5 Å². The summed E-state index contributed by atoms with van der Waals surface area (Å²) in [7, 11) is 0. The number of carbonyl (C=O) groups excluding carboxylic acids is 2. The topological polar surface area (TPSA) is 69.4 Å².